The minimum absolute atomic E-state index is 0.0716. The summed E-state index contributed by atoms with van der Waals surface area (Å²) in [4.78, 5) is 45.8. The van der Waals surface area contributed by atoms with Gasteiger partial charge in [-0.25, -0.2) is 9.97 Å². The molecule has 0 aromatic carbocycles. The standard InChI is InChI=1S/C39H48N8O5/c1-26-7-5-4-6-12-44-13-16-47(38(49)33(44)17-26)36-35(39(50)24-52-25-39)31(10-11-40-36)28-18-32(37(48)43(3)21-28)42-34-9-8-29(19-41-34)46-15-14-45(20-27(46)2)30-22-51-23-30/h8-11,17-19,21,27,30,50H,1,4-7,12-16,20,22-25H2,2-3H3,(H,41,42)/b33-17-/t27-/m0/s1. The third kappa shape index (κ3) is 6.51. The number of aliphatic hydroxyl groups is 1. The van der Waals surface area contributed by atoms with Gasteiger partial charge in [0, 0.05) is 75.9 Å². The van der Waals surface area contributed by atoms with Gasteiger partial charge in [-0.2, -0.15) is 0 Å². The molecular weight excluding hydrogens is 660 g/mol. The Morgan fingerprint density at radius 1 is 1.00 bits per heavy atom. The molecule has 8 heterocycles. The van der Waals surface area contributed by atoms with Gasteiger partial charge in [-0.3, -0.25) is 19.4 Å². The van der Waals surface area contributed by atoms with E-state index < -0.39 is 5.60 Å². The molecule has 0 radical (unpaired) electrons. The van der Waals surface area contributed by atoms with Crippen molar-refractivity contribution < 1.29 is 19.4 Å². The van der Waals surface area contributed by atoms with Crippen molar-refractivity contribution >= 4 is 28.9 Å². The van der Waals surface area contributed by atoms with Gasteiger partial charge in [-0.1, -0.05) is 18.6 Å². The summed E-state index contributed by atoms with van der Waals surface area (Å²) in [5.41, 5.74) is 3.21. The van der Waals surface area contributed by atoms with Crippen molar-refractivity contribution in [3.05, 3.63) is 82.7 Å². The van der Waals surface area contributed by atoms with Gasteiger partial charge in [0.1, 0.15) is 28.6 Å². The van der Waals surface area contributed by atoms with E-state index in [9.17, 15) is 14.7 Å². The minimum atomic E-state index is -1.36. The van der Waals surface area contributed by atoms with Gasteiger partial charge in [0.15, 0.2) is 0 Å². The monoisotopic (exact) mass is 708 g/mol. The van der Waals surface area contributed by atoms with Gasteiger partial charge in [0.25, 0.3) is 11.5 Å². The molecule has 0 unspecified atom stereocenters. The van der Waals surface area contributed by atoms with Crippen LogP contribution in [0.3, 0.4) is 0 Å². The Labute approximate surface area is 304 Å². The van der Waals surface area contributed by atoms with Gasteiger partial charge < -0.3 is 34.3 Å². The molecule has 5 aliphatic rings. The number of ether oxygens (including phenoxy) is 2. The van der Waals surface area contributed by atoms with E-state index in [4.69, 9.17) is 19.4 Å². The van der Waals surface area contributed by atoms with E-state index in [0.717, 1.165) is 76.3 Å². The lowest BCUT2D eigenvalue weighted by molar-refractivity contribution is -0.184. The summed E-state index contributed by atoms with van der Waals surface area (Å²) in [5, 5.41) is 15.2. The van der Waals surface area contributed by atoms with Gasteiger partial charge in [0.05, 0.1) is 44.4 Å². The van der Waals surface area contributed by atoms with Crippen molar-refractivity contribution in [1.29, 1.82) is 0 Å². The molecule has 0 aliphatic carbocycles. The summed E-state index contributed by atoms with van der Waals surface area (Å²) in [7, 11) is 1.70. The highest BCUT2D eigenvalue weighted by molar-refractivity contribution is 6.06. The second-order valence-corrected chi connectivity index (χ2v) is 14.8. The molecule has 4 fully saturated rings. The SMILES string of the molecule is C=C1/C=C2/C(=O)N(c3nccc(-c4cc(Nc5ccc(N6CCN(C7COC7)C[C@@H]6C)cn5)c(=O)n(C)c4)c3C3(O)COC3)CCN2CCCCC1. The summed E-state index contributed by atoms with van der Waals surface area (Å²) in [5.74, 6) is 0.785. The zero-order valence-corrected chi connectivity index (χ0v) is 30.1. The van der Waals surface area contributed by atoms with E-state index in [2.05, 4.69) is 33.5 Å². The van der Waals surface area contributed by atoms with Crippen LogP contribution < -0.4 is 20.7 Å². The lowest BCUT2D eigenvalue weighted by atomic mass is 9.85. The van der Waals surface area contributed by atoms with Crippen molar-refractivity contribution in [1.82, 2.24) is 24.3 Å². The Bertz CT molecular complexity index is 1940. The van der Waals surface area contributed by atoms with Crippen LogP contribution in [0.4, 0.5) is 23.0 Å². The number of pyridine rings is 3. The molecule has 13 heteroatoms. The van der Waals surface area contributed by atoms with Crippen LogP contribution in [0.15, 0.2) is 71.6 Å². The molecule has 3 aromatic rings. The Kier molecular flexibility index (Phi) is 9.37. The number of amides is 1. The van der Waals surface area contributed by atoms with E-state index in [-0.39, 0.29) is 24.7 Å². The van der Waals surface area contributed by atoms with E-state index in [0.29, 0.717) is 64.9 Å². The number of carbonyl (C=O) groups excluding carboxylic acids is 1. The molecule has 0 bridgehead atoms. The third-order valence-electron chi connectivity index (χ3n) is 11.1. The number of allylic oxidation sites excluding steroid dienone is 2. The van der Waals surface area contributed by atoms with Crippen molar-refractivity contribution in [3.63, 3.8) is 0 Å². The summed E-state index contributed by atoms with van der Waals surface area (Å²) < 4.78 is 12.4. The van der Waals surface area contributed by atoms with Gasteiger partial charge in [-0.05, 0) is 62.1 Å². The number of nitrogens with one attached hydrogen (secondary N) is 1. The number of hydrogen-bond acceptors (Lipinski definition) is 11. The Balaban J connectivity index is 1.09. The molecule has 5 aliphatic heterocycles. The lowest BCUT2D eigenvalue weighted by Crippen LogP contribution is -2.59. The molecule has 4 saturated heterocycles. The number of aromatic nitrogens is 3. The molecule has 274 valence electrons. The topological polar surface area (TPSA) is 129 Å². The number of piperazine rings is 2. The first kappa shape index (κ1) is 34.5. The van der Waals surface area contributed by atoms with Crippen LogP contribution in [0, 0.1) is 0 Å². The van der Waals surface area contributed by atoms with Gasteiger partial charge in [-0.15, -0.1) is 0 Å². The highest BCUT2D eigenvalue weighted by Crippen LogP contribution is 2.43. The smallest absolute Gasteiger partial charge is 0.275 e. The summed E-state index contributed by atoms with van der Waals surface area (Å²) in [6.07, 6.45) is 11.2. The first-order valence-electron chi connectivity index (χ1n) is 18.5. The second-order valence-electron chi connectivity index (χ2n) is 14.8. The number of fused-ring (bicyclic) bond motifs is 1. The maximum Gasteiger partial charge on any atom is 0.275 e. The third-order valence-corrected chi connectivity index (χ3v) is 11.1. The molecule has 0 spiro atoms. The summed E-state index contributed by atoms with van der Waals surface area (Å²) in [6.45, 7) is 13.0. The maximum absolute atomic E-state index is 14.2. The predicted molar refractivity (Wildman–Crippen MR) is 200 cm³/mol. The fourth-order valence-electron chi connectivity index (χ4n) is 8.05. The van der Waals surface area contributed by atoms with Crippen molar-refractivity contribution in [2.75, 3.05) is 80.8 Å². The van der Waals surface area contributed by atoms with Crippen LogP contribution in [-0.2, 0) is 26.9 Å². The number of aryl methyl sites for hydroxylation is 1. The molecule has 3 aromatic heterocycles. The maximum atomic E-state index is 14.2. The zero-order chi connectivity index (χ0) is 36.0. The Morgan fingerprint density at radius 3 is 2.56 bits per heavy atom. The molecule has 52 heavy (non-hydrogen) atoms. The fourth-order valence-corrected chi connectivity index (χ4v) is 8.05. The Hall–Kier alpha value is -4.56. The normalized spacial score (nSPS) is 23.8. The second kappa shape index (κ2) is 14.1. The first-order valence-corrected chi connectivity index (χ1v) is 18.5. The van der Waals surface area contributed by atoms with Crippen LogP contribution in [0.25, 0.3) is 11.1 Å². The molecule has 0 saturated carbocycles. The van der Waals surface area contributed by atoms with Crippen LogP contribution in [0.2, 0.25) is 0 Å². The number of carbonyl (C=O) groups is 1. The average Bonchev–Trinajstić information content (AvgIpc) is 3.19. The molecule has 13 nitrogen and oxygen atoms in total. The quantitative estimate of drug-likeness (QED) is 0.375. The van der Waals surface area contributed by atoms with Crippen LogP contribution in [0.1, 0.15) is 38.2 Å². The molecule has 1 atom stereocenters. The number of nitrogens with zero attached hydrogens (tertiary/aromatic N) is 7. The fraction of sp³-hybridized carbons (Fsp3) is 0.487. The Morgan fingerprint density at radius 2 is 1.85 bits per heavy atom. The highest BCUT2D eigenvalue weighted by atomic mass is 16.5. The van der Waals surface area contributed by atoms with Gasteiger partial charge >= 0.3 is 0 Å². The van der Waals surface area contributed by atoms with E-state index in [1.807, 2.05) is 30.5 Å². The molecule has 8 rings (SSSR count). The van der Waals surface area contributed by atoms with Crippen LogP contribution in [0.5, 0.6) is 0 Å². The molecular formula is C39H48N8O5. The first-order chi connectivity index (χ1) is 25.2. The van der Waals surface area contributed by atoms with Gasteiger partial charge in [0.2, 0.25) is 0 Å². The lowest BCUT2D eigenvalue weighted by Gasteiger charge is -2.46. The minimum Gasteiger partial charge on any atom is -0.380 e. The van der Waals surface area contributed by atoms with Crippen LogP contribution in [-0.4, -0.2) is 113 Å². The predicted octanol–water partition coefficient (Wildman–Crippen LogP) is 3.38. The highest BCUT2D eigenvalue weighted by Gasteiger charge is 2.45. The average molecular weight is 709 g/mol. The number of rotatable bonds is 7. The summed E-state index contributed by atoms with van der Waals surface area (Å²) >= 11 is 0. The molecule has 2 N–H and O–H groups in total. The zero-order valence-electron chi connectivity index (χ0n) is 30.1. The largest absolute Gasteiger partial charge is 0.380 e. The number of anilines is 4. The van der Waals surface area contributed by atoms with E-state index in [1.54, 1.807) is 30.4 Å². The van der Waals surface area contributed by atoms with Crippen molar-refractivity contribution in [3.8, 4) is 11.1 Å². The van der Waals surface area contributed by atoms with Crippen molar-refractivity contribution in [2.24, 2.45) is 7.05 Å². The van der Waals surface area contributed by atoms with Crippen molar-refractivity contribution in [2.45, 2.75) is 50.3 Å². The summed E-state index contributed by atoms with van der Waals surface area (Å²) in [6, 6.07) is 8.41. The van der Waals surface area contributed by atoms with E-state index in [1.165, 1.54) is 4.57 Å². The molecule has 1 amide bonds. The number of hydrogen-bond donors (Lipinski definition) is 2. The van der Waals surface area contributed by atoms with E-state index >= 15 is 0 Å². The van der Waals surface area contributed by atoms with Crippen LogP contribution >= 0.6 is 0 Å².